The minimum atomic E-state index is 0.0792. The molecule has 1 amide bonds. The Morgan fingerprint density at radius 2 is 2.25 bits per heavy atom. The molecule has 0 aromatic heterocycles. The van der Waals surface area contributed by atoms with Gasteiger partial charge in [0.2, 0.25) is 5.91 Å². The van der Waals surface area contributed by atoms with Gasteiger partial charge < -0.3 is 10.1 Å². The topological polar surface area (TPSA) is 50.7 Å². The lowest BCUT2D eigenvalue weighted by Gasteiger charge is -2.24. The molecule has 2 aliphatic rings. The molecule has 2 aliphatic heterocycles. The number of rotatable bonds is 2. The predicted octanol–water partition coefficient (Wildman–Crippen LogP) is 1.07. The molecule has 0 aromatic rings. The van der Waals surface area contributed by atoms with Crippen LogP contribution in [0.25, 0.3) is 0 Å². The Kier molecular flexibility index (Phi) is 3.72. The van der Waals surface area contributed by atoms with Gasteiger partial charge >= 0.3 is 0 Å². The van der Waals surface area contributed by atoms with Gasteiger partial charge in [-0.15, -0.1) is 0 Å². The third-order valence-corrected chi connectivity index (χ3v) is 3.08. The summed E-state index contributed by atoms with van der Waals surface area (Å²) in [6, 6.07) is 0.278. The maximum atomic E-state index is 12.0. The fourth-order valence-corrected chi connectivity index (χ4v) is 2.06. The Bertz CT molecular complexity index is 328. The van der Waals surface area contributed by atoms with Crippen molar-refractivity contribution in [3.63, 3.8) is 0 Å². The third kappa shape index (κ3) is 2.70. The van der Waals surface area contributed by atoms with Crippen LogP contribution in [0, 0.1) is 0 Å². The van der Waals surface area contributed by atoms with Crippen LogP contribution in [0.3, 0.4) is 0 Å². The van der Waals surface area contributed by atoms with E-state index in [2.05, 4.69) is 10.3 Å². The molecule has 0 spiro atoms. The smallest absolute Gasteiger partial charge is 0.247 e. The highest BCUT2D eigenvalue weighted by atomic mass is 16.5. The molecule has 4 heteroatoms. The van der Waals surface area contributed by atoms with Gasteiger partial charge in [-0.2, -0.15) is 0 Å². The number of nitrogens with one attached hydrogen (secondary N) is 1. The number of amides is 1. The van der Waals surface area contributed by atoms with Gasteiger partial charge in [0, 0.05) is 37.6 Å². The molecule has 0 saturated carbocycles. The minimum absolute atomic E-state index is 0.0792. The zero-order chi connectivity index (χ0) is 11.4. The number of hydrogen-bond acceptors (Lipinski definition) is 3. The monoisotopic (exact) mass is 222 g/mol. The van der Waals surface area contributed by atoms with Crippen molar-refractivity contribution in [2.24, 2.45) is 4.99 Å². The molecule has 0 unspecified atom stereocenters. The van der Waals surface area contributed by atoms with Crippen LogP contribution in [-0.2, 0) is 9.53 Å². The van der Waals surface area contributed by atoms with Gasteiger partial charge in [0.25, 0.3) is 0 Å². The van der Waals surface area contributed by atoms with E-state index >= 15 is 0 Å². The molecule has 1 fully saturated rings. The largest absolute Gasteiger partial charge is 0.381 e. The first-order valence-corrected chi connectivity index (χ1v) is 5.85. The second-order valence-electron chi connectivity index (χ2n) is 4.31. The summed E-state index contributed by atoms with van der Waals surface area (Å²) >= 11 is 0. The zero-order valence-corrected chi connectivity index (χ0v) is 9.66. The second-order valence-corrected chi connectivity index (χ2v) is 4.31. The molecule has 4 nitrogen and oxygen atoms in total. The molecule has 2 heterocycles. The first kappa shape index (κ1) is 11.3. The first-order chi connectivity index (χ1) is 7.77. The average molecular weight is 222 g/mol. The maximum Gasteiger partial charge on any atom is 0.247 e. The lowest BCUT2D eigenvalue weighted by atomic mass is 10.0. The van der Waals surface area contributed by atoms with E-state index in [1.807, 2.05) is 6.92 Å². The molecule has 0 aliphatic carbocycles. The Morgan fingerprint density at radius 3 is 2.94 bits per heavy atom. The number of allylic oxidation sites excluding steroid dienone is 1. The highest BCUT2D eigenvalue weighted by molar-refractivity contribution is 6.00. The van der Waals surface area contributed by atoms with E-state index in [0.717, 1.165) is 50.2 Å². The van der Waals surface area contributed by atoms with Crippen LogP contribution in [0.1, 0.15) is 26.2 Å². The van der Waals surface area contributed by atoms with Crippen molar-refractivity contribution in [3.8, 4) is 0 Å². The molecule has 16 heavy (non-hydrogen) atoms. The third-order valence-electron chi connectivity index (χ3n) is 3.08. The van der Waals surface area contributed by atoms with Crippen molar-refractivity contribution in [1.29, 1.82) is 0 Å². The normalized spacial score (nSPS) is 22.3. The van der Waals surface area contributed by atoms with Crippen molar-refractivity contribution in [1.82, 2.24) is 5.32 Å². The summed E-state index contributed by atoms with van der Waals surface area (Å²) in [5.41, 5.74) is 1.89. The molecule has 88 valence electrons. The number of hydrogen-bond donors (Lipinski definition) is 1. The summed E-state index contributed by atoms with van der Waals surface area (Å²) < 4.78 is 5.26. The summed E-state index contributed by atoms with van der Waals surface area (Å²) in [4.78, 5) is 16.2. The van der Waals surface area contributed by atoms with Crippen molar-refractivity contribution in [2.75, 3.05) is 19.8 Å². The average Bonchev–Trinajstić information content (AvgIpc) is 2.31. The Balaban J connectivity index is 1.94. The summed E-state index contributed by atoms with van der Waals surface area (Å²) in [7, 11) is 0. The van der Waals surface area contributed by atoms with E-state index in [9.17, 15) is 4.79 Å². The zero-order valence-electron chi connectivity index (χ0n) is 9.66. The molecule has 0 aromatic carbocycles. The van der Waals surface area contributed by atoms with Crippen LogP contribution in [0.5, 0.6) is 0 Å². The van der Waals surface area contributed by atoms with E-state index in [-0.39, 0.29) is 11.9 Å². The minimum Gasteiger partial charge on any atom is -0.381 e. The first-order valence-electron chi connectivity index (χ1n) is 5.85. The summed E-state index contributed by atoms with van der Waals surface area (Å²) in [6.07, 6.45) is 4.40. The molecular formula is C12H18N2O2. The maximum absolute atomic E-state index is 12.0. The van der Waals surface area contributed by atoms with Gasteiger partial charge in [0.05, 0.1) is 0 Å². The Labute approximate surface area is 95.8 Å². The molecule has 1 saturated heterocycles. The Hall–Kier alpha value is -1.16. The summed E-state index contributed by atoms with van der Waals surface area (Å²) in [6.45, 7) is 4.18. The van der Waals surface area contributed by atoms with Crippen molar-refractivity contribution >= 4 is 12.1 Å². The van der Waals surface area contributed by atoms with Crippen LogP contribution in [0.2, 0.25) is 0 Å². The molecule has 0 radical (unpaired) electrons. The van der Waals surface area contributed by atoms with E-state index < -0.39 is 0 Å². The molecule has 0 atom stereocenters. The van der Waals surface area contributed by atoms with Gasteiger partial charge in [0.1, 0.15) is 0 Å². The fraction of sp³-hybridized carbons (Fsp3) is 0.667. The van der Waals surface area contributed by atoms with Crippen LogP contribution in [0.15, 0.2) is 16.1 Å². The second kappa shape index (κ2) is 5.25. The van der Waals surface area contributed by atoms with Crippen LogP contribution in [-0.4, -0.2) is 37.9 Å². The molecule has 0 bridgehead atoms. The number of carbonyl (C=O) groups excluding carboxylic acids is 1. The van der Waals surface area contributed by atoms with Crippen molar-refractivity contribution < 1.29 is 9.53 Å². The number of nitrogens with zero attached hydrogens (tertiary/aromatic N) is 1. The molecule has 1 N–H and O–H groups in total. The molecule has 2 rings (SSSR count). The number of ether oxygens (including phenoxy) is 1. The number of dihydropyridines is 1. The van der Waals surface area contributed by atoms with Gasteiger partial charge in [-0.05, 0) is 31.8 Å². The highest BCUT2D eigenvalue weighted by Crippen LogP contribution is 2.14. The highest BCUT2D eigenvalue weighted by Gasteiger charge is 2.20. The Morgan fingerprint density at radius 1 is 1.50 bits per heavy atom. The molecular weight excluding hydrogens is 204 g/mol. The lowest BCUT2D eigenvalue weighted by molar-refractivity contribution is -0.118. The van der Waals surface area contributed by atoms with Gasteiger partial charge in [-0.1, -0.05) is 0 Å². The van der Waals surface area contributed by atoms with E-state index in [4.69, 9.17) is 4.74 Å². The summed E-state index contributed by atoms with van der Waals surface area (Å²) in [5, 5.41) is 3.08. The van der Waals surface area contributed by atoms with Gasteiger partial charge in [-0.25, -0.2) is 0 Å². The van der Waals surface area contributed by atoms with Crippen LogP contribution < -0.4 is 5.32 Å². The van der Waals surface area contributed by atoms with E-state index in [1.54, 1.807) is 6.21 Å². The standard InChI is InChI=1S/C12H18N2O2/c1-9-8-13-5-2-11(9)12(15)14-10-3-6-16-7-4-10/h8,10H,2-7H2,1H3,(H,14,15). The van der Waals surface area contributed by atoms with Gasteiger partial charge in [0.15, 0.2) is 0 Å². The summed E-state index contributed by atoms with van der Waals surface area (Å²) in [5.74, 6) is 0.0792. The lowest BCUT2D eigenvalue weighted by Crippen LogP contribution is -2.40. The fourth-order valence-electron chi connectivity index (χ4n) is 2.06. The van der Waals surface area contributed by atoms with Crippen LogP contribution in [0.4, 0.5) is 0 Å². The number of aliphatic imine (C=N–C) groups is 1. The van der Waals surface area contributed by atoms with Crippen molar-refractivity contribution in [2.45, 2.75) is 32.2 Å². The van der Waals surface area contributed by atoms with Crippen molar-refractivity contribution in [3.05, 3.63) is 11.1 Å². The predicted molar refractivity (Wildman–Crippen MR) is 62.7 cm³/mol. The quantitative estimate of drug-likeness (QED) is 0.760. The number of carbonyl (C=O) groups is 1. The van der Waals surface area contributed by atoms with E-state index in [1.165, 1.54) is 0 Å². The van der Waals surface area contributed by atoms with E-state index in [0.29, 0.717) is 0 Å². The van der Waals surface area contributed by atoms with Crippen LogP contribution >= 0.6 is 0 Å². The SMILES string of the molecule is CC1=C(C(=O)NC2CCOCC2)CCN=C1. The van der Waals surface area contributed by atoms with Gasteiger partial charge in [-0.3, -0.25) is 9.79 Å².